The third-order valence-electron chi connectivity index (χ3n) is 7.97. The Morgan fingerprint density at radius 1 is 1.12 bits per heavy atom. The van der Waals surface area contributed by atoms with Crippen LogP contribution in [0.25, 0.3) is 0 Å². The number of carbonyl (C=O) groups is 2. The van der Waals surface area contributed by atoms with Crippen molar-refractivity contribution in [3.63, 3.8) is 0 Å². The first-order valence-corrected chi connectivity index (χ1v) is 14.2. The van der Waals surface area contributed by atoms with E-state index in [2.05, 4.69) is 20.6 Å². The molecule has 3 heterocycles. The van der Waals surface area contributed by atoms with Crippen molar-refractivity contribution in [1.82, 2.24) is 14.9 Å². The van der Waals surface area contributed by atoms with Gasteiger partial charge < -0.3 is 21.1 Å². The average molecular weight is 581 g/mol. The first-order valence-electron chi connectivity index (χ1n) is 13.8. The summed E-state index contributed by atoms with van der Waals surface area (Å²) in [6.07, 6.45) is 7.31. The summed E-state index contributed by atoms with van der Waals surface area (Å²) in [7, 11) is 0. The Morgan fingerprint density at radius 3 is 2.59 bits per heavy atom. The monoisotopic (exact) mass is 580 g/mol. The number of pyridine rings is 2. The molecule has 3 amide bonds. The van der Waals surface area contributed by atoms with Crippen LogP contribution in [-0.4, -0.2) is 51.1 Å². The molecule has 1 saturated carbocycles. The molecule has 11 heteroatoms. The maximum Gasteiger partial charge on any atom is 0.323 e. The first kappa shape index (κ1) is 28.9. The van der Waals surface area contributed by atoms with Crippen molar-refractivity contribution in [2.45, 2.75) is 50.6 Å². The van der Waals surface area contributed by atoms with Crippen LogP contribution in [0, 0.1) is 24.6 Å². The van der Waals surface area contributed by atoms with Gasteiger partial charge in [0.15, 0.2) is 0 Å². The van der Waals surface area contributed by atoms with Crippen molar-refractivity contribution in [2.75, 3.05) is 23.8 Å². The molecule has 216 valence electrons. The Balaban J connectivity index is 1.38. The van der Waals surface area contributed by atoms with E-state index in [0.29, 0.717) is 22.9 Å². The number of hydrogen-bond acceptors (Lipinski definition) is 6. The zero-order valence-electron chi connectivity index (χ0n) is 22.8. The largest absolute Gasteiger partial charge is 0.396 e. The van der Waals surface area contributed by atoms with Crippen LogP contribution in [0.4, 0.5) is 20.7 Å². The number of hydrogen-bond donors (Lipinski definition) is 4. The summed E-state index contributed by atoms with van der Waals surface area (Å²) < 4.78 is 15.1. The molecule has 0 spiro atoms. The van der Waals surface area contributed by atoms with E-state index in [4.69, 9.17) is 17.3 Å². The van der Waals surface area contributed by atoms with Gasteiger partial charge in [0.1, 0.15) is 17.7 Å². The third kappa shape index (κ3) is 6.66. The Labute approximate surface area is 243 Å². The SMILES string of the molecule is Cc1cc(C(N)(CCC2CC2)c2ccc(F)c(NC(=O)[C@H]3C[C@@H](CO)CN3C(=O)Nc3ccc(Cl)cn3)c2)ccn1. The molecule has 3 atom stereocenters. The van der Waals surface area contributed by atoms with E-state index in [1.807, 2.05) is 19.1 Å². The van der Waals surface area contributed by atoms with Gasteiger partial charge in [-0.25, -0.2) is 14.2 Å². The van der Waals surface area contributed by atoms with Gasteiger partial charge >= 0.3 is 6.03 Å². The maximum absolute atomic E-state index is 15.1. The van der Waals surface area contributed by atoms with E-state index in [-0.39, 0.29) is 37.0 Å². The maximum atomic E-state index is 15.1. The van der Waals surface area contributed by atoms with Gasteiger partial charge in [0.25, 0.3) is 0 Å². The molecule has 2 aliphatic rings. The summed E-state index contributed by atoms with van der Waals surface area (Å²) in [4.78, 5) is 36.3. The molecule has 2 fully saturated rings. The number of carbonyl (C=O) groups excluding carboxylic acids is 2. The van der Waals surface area contributed by atoms with Gasteiger partial charge in [-0.15, -0.1) is 0 Å². The predicted molar refractivity (Wildman–Crippen MR) is 155 cm³/mol. The summed E-state index contributed by atoms with van der Waals surface area (Å²) in [5, 5.41) is 15.5. The molecule has 0 bridgehead atoms. The molecule has 1 aliphatic heterocycles. The fraction of sp³-hybridized carbons (Fsp3) is 0.400. The summed E-state index contributed by atoms with van der Waals surface area (Å²) >= 11 is 5.88. The van der Waals surface area contributed by atoms with Gasteiger partial charge in [0.2, 0.25) is 5.91 Å². The predicted octanol–water partition coefficient (Wildman–Crippen LogP) is 4.82. The van der Waals surface area contributed by atoms with Crippen molar-refractivity contribution in [1.29, 1.82) is 0 Å². The highest BCUT2D eigenvalue weighted by Gasteiger charge is 2.40. The van der Waals surface area contributed by atoms with E-state index >= 15 is 4.39 Å². The van der Waals surface area contributed by atoms with Gasteiger partial charge in [0, 0.05) is 37.2 Å². The number of amides is 3. The Bertz CT molecular complexity index is 1420. The van der Waals surface area contributed by atoms with Crippen LogP contribution < -0.4 is 16.4 Å². The van der Waals surface area contributed by atoms with Gasteiger partial charge in [-0.2, -0.15) is 0 Å². The van der Waals surface area contributed by atoms with Gasteiger partial charge in [0.05, 0.1) is 16.2 Å². The minimum atomic E-state index is -0.928. The van der Waals surface area contributed by atoms with Crippen LogP contribution in [0.1, 0.15) is 48.9 Å². The summed E-state index contributed by atoms with van der Waals surface area (Å²) in [6, 6.07) is 10.00. The molecule has 5 N–H and O–H groups in total. The van der Waals surface area contributed by atoms with Crippen molar-refractivity contribution in [2.24, 2.45) is 17.6 Å². The van der Waals surface area contributed by atoms with Crippen LogP contribution >= 0.6 is 11.6 Å². The lowest BCUT2D eigenvalue weighted by molar-refractivity contribution is -0.119. The van der Waals surface area contributed by atoms with Gasteiger partial charge in [-0.1, -0.05) is 30.5 Å². The summed E-state index contributed by atoms with van der Waals surface area (Å²) in [5.41, 5.74) is 8.51. The van der Waals surface area contributed by atoms with Crippen LogP contribution in [-0.2, 0) is 10.3 Å². The van der Waals surface area contributed by atoms with E-state index < -0.39 is 29.3 Å². The molecule has 9 nitrogen and oxygen atoms in total. The number of nitrogens with two attached hydrogens (primary N) is 1. The number of likely N-dealkylation sites (tertiary alicyclic amines) is 1. The lowest BCUT2D eigenvalue weighted by atomic mass is 9.79. The summed E-state index contributed by atoms with van der Waals surface area (Å²) in [6.45, 7) is 1.86. The van der Waals surface area contributed by atoms with Gasteiger partial charge in [-0.05, 0) is 79.6 Å². The topological polar surface area (TPSA) is 133 Å². The molecule has 41 heavy (non-hydrogen) atoms. The number of urea groups is 1. The zero-order chi connectivity index (χ0) is 29.1. The number of aliphatic hydroxyl groups excluding tert-OH is 1. The second-order valence-electron chi connectivity index (χ2n) is 11.1. The lowest BCUT2D eigenvalue weighted by Gasteiger charge is -2.32. The van der Waals surface area contributed by atoms with E-state index in [1.165, 1.54) is 30.0 Å². The minimum absolute atomic E-state index is 0.0216. The molecular weight excluding hydrogens is 547 g/mol. The van der Waals surface area contributed by atoms with Crippen molar-refractivity contribution >= 4 is 35.0 Å². The number of benzene rings is 1. The molecule has 3 aromatic rings. The smallest absolute Gasteiger partial charge is 0.323 e. The number of aryl methyl sites for hydroxylation is 1. The highest BCUT2D eigenvalue weighted by atomic mass is 35.5. The van der Waals surface area contributed by atoms with Gasteiger partial charge in [-0.3, -0.25) is 15.1 Å². The molecule has 1 aliphatic carbocycles. The Hall–Kier alpha value is -3.60. The van der Waals surface area contributed by atoms with Crippen molar-refractivity contribution < 1.29 is 19.1 Å². The quantitative estimate of drug-likeness (QED) is 0.287. The standard InChI is InChI=1S/C30H34ClFN6O3/c1-18-12-22(9-11-34-18)30(33,10-8-19-2-3-19)21-4-6-24(32)25(14-21)36-28(40)26-13-20(17-39)16-38(26)29(41)37-27-7-5-23(31)15-35-27/h4-7,9,11-12,14-15,19-20,26,39H,2-3,8,10,13,16-17,33H2,1H3,(H,36,40)(H,35,37,41)/t20-,26-,30?/m1/s1. The second kappa shape index (κ2) is 12.1. The molecule has 0 radical (unpaired) electrons. The fourth-order valence-electron chi connectivity index (χ4n) is 5.39. The second-order valence-corrected chi connectivity index (χ2v) is 11.5. The molecule has 2 aromatic heterocycles. The van der Waals surface area contributed by atoms with Crippen LogP contribution in [0.15, 0.2) is 54.9 Å². The number of nitrogens with one attached hydrogen (secondary N) is 2. The number of rotatable bonds is 9. The molecule has 1 saturated heterocycles. The van der Waals surface area contributed by atoms with E-state index in [1.54, 1.807) is 30.5 Å². The number of halogens is 2. The summed E-state index contributed by atoms with van der Waals surface area (Å²) in [5.74, 6) is -0.573. The van der Waals surface area contributed by atoms with E-state index in [0.717, 1.165) is 17.7 Å². The number of anilines is 2. The normalized spacial score (nSPS) is 20.0. The number of aromatic nitrogens is 2. The van der Waals surface area contributed by atoms with Crippen molar-refractivity contribution in [3.05, 3.63) is 82.5 Å². The Kier molecular flexibility index (Phi) is 8.53. The van der Waals surface area contributed by atoms with E-state index in [9.17, 15) is 14.7 Å². The highest BCUT2D eigenvalue weighted by molar-refractivity contribution is 6.30. The molecular formula is C30H34ClFN6O3. The highest BCUT2D eigenvalue weighted by Crippen LogP contribution is 2.40. The fourth-order valence-corrected chi connectivity index (χ4v) is 5.50. The van der Waals surface area contributed by atoms with Crippen LogP contribution in [0.3, 0.4) is 0 Å². The Morgan fingerprint density at radius 2 is 1.90 bits per heavy atom. The lowest BCUT2D eigenvalue weighted by Crippen LogP contribution is -2.45. The third-order valence-corrected chi connectivity index (χ3v) is 8.19. The number of nitrogens with zero attached hydrogens (tertiary/aromatic N) is 3. The first-order chi connectivity index (χ1) is 19.7. The average Bonchev–Trinajstić information content (AvgIpc) is 3.69. The number of aliphatic hydroxyl groups is 1. The van der Waals surface area contributed by atoms with Crippen LogP contribution in [0.2, 0.25) is 5.02 Å². The van der Waals surface area contributed by atoms with Crippen molar-refractivity contribution in [3.8, 4) is 0 Å². The minimum Gasteiger partial charge on any atom is -0.396 e. The molecule has 1 unspecified atom stereocenters. The van der Waals surface area contributed by atoms with Crippen LogP contribution in [0.5, 0.6) is 0 Å². The molecule has 5 rings (SSSR count). The zero-order valence-corrected chi connectivity index (χ0v) is 23.6. The molecule has 1 aromatic carbocycles.